The van der Waals surface area contributed by atoms with Crippen molar-refractivity contribution in [3.8, 4) is 0 Å². The Morgan fingerprint density at radius 3 is 2.50 bits per heavy atom. The van der Waals surface area contributed by atoms with Crippen LogP contribution in [0.25, 0.3) is 0 Å². The van der Waals surface area contributed by atoms with Crippen molar-refractivity contribution < 1.29 is 18.0 Å². The van der Waals surface area contributed by atoms with Crippen molar-refractivity contribution in [1.29, 1.82) is 0 Å². The number of carbonyl (C=O) groups excluding carboxylic acids is 2. The number of nitrogens with zero attached hydrogens (tertiary/aromatic N) is 2. The predicted molar refractivity (Wildman–Crippen MR) is 125 cm³/mol. The van der Waals surface area contributed by atoms with Gasteiger partial charge in [-0.25, -0.2) is 8.42 Å². The lowest BCUT2D eigenvalue weighted by Gasteiger charge is -2.30. The average molecular weight is 458 g/mol. The number of nitrogens with one attached hydrogen (secondary N) is 1. The normalized spacial score (nSPS) is 13.7. The molecule has 0 spiro atoms. The SMILES string of the molecule is CCN(CC)S(=O)(=O)c1ccc2c(c1)CCCN2C(=O)CCNC(=O)c1ccccc1C. The summed E-state index contributed by atoms with van der Waals surface area (Å²) in [6.45, 7) is 7.16. The van der Waals surface area contributed by atoms with Gasteiger partial charge in [0, 0.05) is 43.9 Å². The van der Waals surface area contributed by atoms with E-state index in [1.165, 1.54) is 4.31 Å². The quantitative estimate of drug-likeness (QED) is 0.660. The van der Waals surface area contributed by atoms with Gasteiger partial charge in [0.2, 0.25) is 15.9 Å². The highest BCUT2D eigenvalue weighted by Gasteiger charge is 2.27. The van der Waals surface area contributed by atoms with Crippen LogP contribution >= 0.6 is 0 Å². The highest BCUT2D eigenvalue weighted by molar-refractivity contribution is 7.89. The summed E-state index contributed by atoms with van der Waals surface area (Å²) in [6.07, 6.45) is 1.67. The monoisotopic (exact) mass is 457 g/mol. The summed E-state index contributed by atoms with van der Waals surface area (Å²) in [7, 11) is -3.54. The second kappa shape index (κ2) is 10.3. The van der Waals surface area contributed by atoms with E-state index in [0.29, 0.717) is 25.2 Å². The maximum Gasteiger partial charge on any atom is 0.251 e. The van der Waals surface area contributed by atoms with Crippen LogP contribution in [0, 0.1) is 6.92 Å². The van der Waals surface area contributed by atoms with E-state index in [1.807, 2.05) is 39.0 Å². The van der Waals surface area contributed by atoms with Gasteiger partial charge >= 0.3 is 0 Å². The molecule has 7 nitrogen and oxygen atoms in total. The molecule has 0 aromatic heterocycles. The van der Waals surface area contributed by atoms with Crippen LogP contribution in [0.15, 0.2) is 47.4 Å². The van der Waals surface area contributed by atoms with Gasteiger partial charge in [0.1, 0.15) is 0 Å². The van der Waals surface area contributed by atoms with Crippen LogP contribution in [0.2, 0.25) is 0 Å². The molecule has 2 aromatic rings. The number of aryl methyl sites for hydroxylation is 2. The predicted octanol–water partition coefficient (Wildman–Crippen LogP) is 3.12. The average Bonchev–Trinajstić information content (AvgIpc) is 2.79. The van der Waals surface area contributed by atoms with Gasteiger partial charge in [0.05, 0.1) is 4.90 Å². The van der Waals surface area contributed by atoms with E-state index in [4.69, 9.17) is 0 Å². The Morgan fingerprint density at radius 1 is 1.09 bits per heavy atom. The van der Waals surface area contributed by atoms with Crippen LogP contribution in [-0.2, 0) is 21.2 Å². The molecule has 172 valence electrons. The minimum absolute atomic E-state index is 0.0876. The molecule has 1 heterocycles. The Kier molecular flexibility index (Phi) is 7.69. The largest absolute Gasteiger partial charge is 0.352 e. The van der Waals surface area contributed by atoms with E-state index in [-0.39, 0.29) is 29.7 Å². The van der Waals surface area contributed by atoms with E-state index < -0.39 is 10.0 Å². The molecule has 2 amide bonds. The molecule has 32 heavy (non-hydrogen) atoms. The van der Waals surface area contributed by atoms with Crippen LogP contribution in [0.3, 0.4) is 0 Å². The lowest BCUT2D eigenvalue weighted by atomic mass is 10.0. The Labute approximate surface area is 190 Å². The number of fused-ring (bicyclic) bond motifs is 1. The minimum atomic E-state index is -3.54. The summed E-state index contributed by atoms with van der Waals surface area (Å²) in [4.78, 5) is 27.2. The summed E-state index contributed by atoms with van der Waals surface area (Å²) in [5, 5.41) is 2.82. The number of amides is 2. The van der Waals surface area contributed by atoms with Crippen LogP contribution in [0.5, 0.6) is 0 Å². The lowest BCUT2D eigenvalue weighted by molar-refractivity contribution is -0.118. The summed E-state index contributed by atoms with van der Waals surface area (Å²) < 4.78 is 27.1. The first kappa shape index (κ1) is 23.9. The van der Waals surface area contributed by atoms with Gasteiger partial charge in [-0.15, -0.1) is 0 Å². The van der Waals surface area contributed by atoms with Crippen LogP contribution < -0.4 is 10.2 Å². The van der Waals surface area contributed by atoms with E-state index in [9.17, 15) is 18.0 Å². The Balaban J connectivity index is 1.68. The van der Waals surface area contributed by atoms with E-state index >= 15 is 0 Å². The third-order valence-electron chi connectivity index (χ3n) is 5.83. The fraction of sp³-hybridized carbons (Fsp3) is 0.417. The number of rotatable bonds is 8. The first-order valence-corrected chi connectivity index (χ1v) is 12.5. The first-order valence-electron chi connectivity index (χ1n) is 11.1. The van der Waals surface area contributed by atoms with Crippen molar-refractivity contribution in [3.05, 3.63) is 59.2 Å². The summed E-state index contributed by atoms with van der Waals surface area (Å²) in [5.41, 5.74) is 3.11. The Bertz CT molecular complexity index is 1090. The smallest absolute Gasteiger partial charge is 0.251 e. The van der Waals surface area contributed by atoms with Gasteiger partial charge in [-0.2, -0.15) is 4.31 Å². The zero-order chi connectivity index (χ0) is 23.3. The molecule has 0 bridgehead atoms. The van der Waals surface area contributed by atoms with E-state index in [1.54, 1.807) is 29.2 Å². The maximum absolute atomic E-state index is 12.9. The number of benzene rings is 2. The third-order valence-corrected chi connectivity index (χ3v) is 7.87. The molecule has 0 aliphatic carbocycles. The number of sulfonamides is 1. The molecule has 0 radical (unpaired) electrons. The molecule has 8 heteroatoms. The maximum atomic E-state index is 12.9. The van der Waals surface area contributed by atoms with Crippen molar-refractivity contribution in [2.24, 2.45) is 0 Å². The van der Waals surface area contributed by atoms with Gasteiger partial charge in [-0.1, -0.05) is 32.0 Å². The Hall–Kier alpha value is -2.71. The first-order chi connectivity index (χ1) is 15.3. The lowest BCUT2D eigenvalue weighted by Crippen LogP contribution is -2.38. The van der Waals surface area contributed by atoms with Crippen molar-refractivity contribution in [2.75, 3.05) is 31.1 Å². The second-order valence-electron chi connectivity index (χ2n) is 7.85. The van der Waals surface area contributed by atoms with Crippen LogP contribution in [0.4, 0.5) is 5.69 Å². The zero-order valence-electron chi connectivity index (χ0n) is 18.9. The standard InChI is InChI=1S/C24H31N3O4S/c1-4-26(5-2)32(30,31)20-12-13-22-19(17-20)10-8-16-27(22)23(28)14-15-25-24(29)21-11-7-6-9-18(21)3/h6-7,9,11-13,17H,4-5,8,10,14-16H2,1-3H3,(H,25,29). The number of carbonyl (C=O) groups is 2. The van der Waals surface area contributed by atoms with Gasteiger partial charge in [-0.05, 0) is 55.2 Å². The molecule has 1 aliphatic heterocycles. The number of anilines is 1. The van der Waals surface area contributed by atoms with Crippen LogP contribution in [-0.4, -0.2) is 50.7 Å². The summed E-state index contributed by atoms with van der Waals surface area (Å²) >= 11 is 0. The van der Waals surface area contributed by atoms with Gasteiger partial charge in [0.25, 0.3) is 5.91 Å². The molecule has 3 rings (SSSR count). The minimum Gasteiger partial charge on any atom is -0.352 e. The fourth-order valence-corrected chi connectivity index (χ4v) is 5.56. The highest BCUT2D eigenvalue weighted by Crippen LogP contribution is 2.30. The summed E-state index contributed by atoms with van der Waals surface area (Å²) in [5.74, 6) is -0.281. The molecule has 2 aromatic carbocycles. The zero-order valence-corrected chi connectivity index (χ0v) is 19.7. The number of hydrogen-bond acceptors (Lipinski definition) is 4. The molecular weight excluding hydrogens is 426 g/mol. The van der Waals surface area contributed by atoms with Crippen molar-refractivity contribution in [2.45, 2.75) is 44.9 Å². The fourth-order valence-electron chi connectivity index (χ4n) is 4.05. The molecule has 1 N–H and O–H groups in total. The van der Waals surface area contributed by atoms with Crippen LogP contribution in [0.1, 0.15) is 48.2 Å². The van der Waals surface area contributed by atoms with Crippen molar-refractivity contribution in [3.63, 3.8) is 0 Å². The van der Waals surface area contributed by atoms with Gasteiger partial charge in [0.15, 0.2) is 0 Å². The molecule has 0 atom stereocenters. The molecule has 0 saturated carbocycles. The molecule has 0 unspecified atom stereocenters. The van der Waals surface area contributed by atoms with Crippen molar-refractivity contribution >= 4 is 27.5 Å². The number of hydrogen-bond donors (Lipinski definition) is 1. The van der Waals surface area contributed by atoms with Gasteiger partial charge in [-0.3, -0.25) is 9.59 Å². The van der Waals surface area contributed by atoms with Crippen molar-refractivity contribution in [1.82, 2.24) is 9.62 Å². The highest BCUT2D eigenvalue weighted by atomic mass is 32.2. The second-order valence-corrected chi connectivity index (χ2v) is 9.79. The molecule has 1 aliphatic rings. The van der Waals surface area contributed by atoms with E-state index in [0.717, 1.165) is 29.7 Å². The summed E-state index contributed by atoms with van der Waals surface area (Å²) in [6, 6.07) is 12.3. The van der Waals surface area contributed by atoms with E-state index in [2.05, 4.69) is 5.32 Å². The molecular formula is C24H31N3O4S. The molecule has 0 saturated heterocycles. The topological polar surface area (TPSA) is 86.8 Å². The van der Waals surface area contributed by atoms with Gasteiger partial charge < -0.3 is 10.2 Å². The molecule has 0 fully saturated rings. The Morgan fingerprint density at radius 2 is 1.81 bits per heavy atom. The third kappa shape index (κ3) is 5.02.